The van der Waals surface area contributed by atoms with E-state index < -0.39 is 11.5 Å². The molecule has 0 aromatic heterocycles. The fourth-order valence-electron chi connectivity index (χ4n) is 2.57. The quantitative estimate of drug-likeness (QED) is 0.649. The van der Waals surface area contributed by atoms with Crippen molar-refractivity contribution in [1.29, 1.82) is 0 Å². The second-order valence-electron chi connectivity index (χ2n) is 7.29. The lowest BCUT2D eigenvalue weighted by Crippen LogP contribution is -2.52. The molecule has 2 N–H and O–H groups in total. The van der Waals surface area contributed by atoms with Crippen molar-refractivity contribution in [1.82, 2.24) is 10.2 Å². The standard InChI is InChI=1S/C17H36N2O2/c1-8-12-18-17(9-2,15(20)21)11-10-13-19(7)14(3)16(4,5)6/h14,18H,8-13H2,1-7H3,(H,20,21). The summed E-state index contributed by atoms with van der Waals surface area (Å²) in [5.41, 5.74) is -0.522. The van der Waals surface area contributed by atoms with E-state index >= 15 is 0 Å². The van der Waals surface area contributed by atoms with Gasteiger partial charge in [-0.05, 0) is 58.2 Å². The largest absolute Gasteiger partial charge is 0.480 e. The Kier molecular flexibility index (Phi) is 8.49. The van der Waals surface area contributed by atoms with E-state index in [1.54, 1.807) is 0 Å². The lowest BCUT2D eigenvalue weighted by molar-refractivity contribution is -0.145. The zero-order chi connectivity index (χ0) is 16.7. The summed E-state index contributed by atoms with van der Waals surface area (Å²) in [6.07, 6.45) is 3.16. The van der Waals surface area contributed by atoms with Crippen LogP contribution in [0.4, 0.5) is 0 Å². The van der Waals surface area contributed by atoms with Gasteiger partial charge in [0.25, 0.3) is 0 Å². The summed E-state index contributed by atoms with van der Waals surface area (Å²) in [5, 5.41) is 12.8. The minimum atomic E-state index is -0.762. The molecule has 0 fully saturated rings. The summed E-state index contributed by atoms with van der Waals surface area (Å²) in [6, 6.07) is 0.474. The zero-order valence-corrected chi connectivity index (χ0v) is 15.1. The van der Waals surface area contributed by atoms with Gasteiger partial charge in [0.05, 0.1) is 0 Å². The average Bonchev–Trinajstić information content (AvgIpc) is 2.40. The highest BCUT2D eigenvalue weighted by molar-refractivity contribution is 5.78. The predicted molar refractivity (Wildman–Crippen MR) is 89.7 cm³/mol. The van der Waals surface area contributed by atoms with Gasteiger partial charge in [-0.2, -0.15) is 0 Å². The van der Waals surface area contributed by atoms with E-state index in [0.29, 0.717) is 18.9 Å². The first-order valence-corrected chi connectivity index (χ1v) is 8.29. The van der Waals surface area contributed by atoms with Crippen molar-refractivity contribution in [2.45, 2.75) is 78.8 Å². The number of hydrogen-bond donors (Lipinski definition) is 2. The smallest absolute Gasteiger partial charge is 0.323 e. The van der Waals surface area contributed by atoms with Crippen LogP contribution in [0.1, 0.15) is 67.2 Å². The zero-order valence-electron chi connectivity index (χ0n) is 15.1. The van der Waals surface area contributed by atoms with E-state index in [1.807, 2.05) is 6.92 Å². The first-order chi connectivity index (χ1) is 9.60. The molecule has 4 heteroatoms. The van der Waals surface area contributed by atoms with Crippen molar-refractivity contribution in [3.05, 3.63) is 0 Å². The van der Waals surface area contributed by atoms with Gasteiger partial charge in [-0.3, -0.25) is 4.79 Å². The van der Waals surface area contributed by atoms with Crippen LogP contribution in [0.2, 0.25) is 0 Å². The van der Waals surface area contributed by atoms with Crippen LogP contribution in [0.3, 0.4) is 0 Å². The highest BCUT2D eigenvalue weighted by atomic mass is 16.4. The van der Waals surface area contributed by atoms with Crippen LogP contribution in [-0.2, 0) is 4.79 Å². The third-order valence-electron chi connectivity index (χ3n) is 4.76. The maximum Gasteiger partial charge on any atom is 0.323 e. The maximum atomic E-state index is 11.7. The van der Waals surface area contributed by atoms with Crippen molar-refractivity contribution in [2.75, 3.05) is 20.1 Å². The number of carboxylic acid groups (broad SMARTS) is 1. The topological polar surface area (TPSA) is 52.6 Å². The minimum absolute atomic E-state index is 0.240. The summed E-state index contributed by atoms with van der Waals surface area (Å²) in [6.45, 7) is 14.7. The number of carboxylic acids is 1. The van der Waals surface area contributed by atoms with Crippen LogP contribution in [0.15, 0.2) is 0 Å². The third kappa shape index (κ3) is 6.35. The normalized spacial score (nSPS) is 16.8. The molecular weight excluding hydrogens is 264 g/mol. The van der Waals surface area contributed by atoms with Gasteiger partial charge in [0.1, 0.15) is 5.54 Å². The van der Waals surface area contributed by atoms with Crippen LogP contribution in [-0.4, -0.2) is 47.7 Å². The number of nitrogens with zero attached hydrogens (tertiary/aromatic N) is 1. The molecule has 0 spiro atoms. The Hall–Kier alpha value is -0.610. The fourth-order valence-corrected chi connectivity index (χ4v) is 2.57. The van der Waals surface area contributed by atoms with Crippen LogP contribution >= 0.6 is 0 Å². The predicted octanol–water partition coefficient (Wildman–Crippen LogP) is 3.37. The molecule has 2 atom stereocenters. The summed E-state index contributed by atoms with van der Waals surface area (Å²) < 4.78 is 0. The SMILES string of the molecule is CCCNC(CC)(CCCN(C)C(C)C(C)(C)C)C(=O)O. The molecular formula is C17H36N2O2. The minimum Gasteiger partial charge on any atom is -0.480 e. The average molecular weight is 300 g/mol. The lowest BCUT2D eigenvalue weighted by atomic mass is 9.86. The Morgan fingerprint density at radius 3 is 2.24 bits per heavy atom. The Bertz CT molecular complexity index is 312. The molecule has 0 saturated heterocycles. The molecule has 0 aromatic carbocycles. The van der Waals surface area contributed by atoms with Gasteiger partial charge in [-0.25, -0.2) is 0 Å². The Balaban J connectivity index is 4.53. The number of carbonyl (C=O) groups is 1. The van der Waals surface area contributed by atoms with Crippen molar-refractivity contribution in [3.63, 3.8) is 0 Å². The molecule has 2 unspecified atom stereocenters. The van der Waals surface area contributed by atoms with Gasteiger partial charge in [-0.1, -0.05) is 34.6 Å². The molecule has 0 aromatic rings. The van der Waals surface area contributed by atoms with Crippen molar-refractivity contribution in [3.8, 4) is 0 Å². The van der Waals surface area contributed by atoms with Gasteiger partial charge >= 0.3 is 5.97 Å². The van der Waals surface area contributed by atoms with Crippen LogP contribution in [0.5, 0.6) is 0 Å². The molecule has 126 valence electrons. The van der Waals surface area contributed by atoms with E-state index in [-0.39, 0.29) is 5.41 Å². The molecule has 0 rings (SSSR count). The van der Waals surface area contributed by atoms with E-state index in [2.05, 4.69) is 51.9 Å². The van der Waals surface area contributed by atoms with Gasteiger partial charge < -0.3 is 15.3 Å². The van der Waals surface area contributed by atoms with Gasteiger partial charge in [0, 0.05) is 6.04 Å². The summed E-state index contributed by atoms with van der Waals surface area (Å²) >= 11 is 0. The monoisotopic (exact) mass is 300 g/mol. The highest BCUT2D eigenvalue weighted by Crippen LogP contribution is 2.24. The van der Waals surface area contributed by atoms with E-state index in [0.717, 1.165) is 25.9 Å². The molecule has 0 bridgehead atoms. The first-order valence-electron chi connectivity index (χ1n) is 8.29. The first kappa shape index (κ1) is 20.4. The van der Waals surface area contributed by atoms with Crippen molar-refractivity contribution >= 4 is 5.97 Å². The van der Waals surface area contributed by atoms with Gasteiger partial charge in [0.15, 0.2) is 0 Å². The number of nitrogens with one attached hydrogen (secondary N) is 1. The molecule has 0 aliphatic rings. The number of rotatable bonds is 10. The van der Waals surface area contributed by atoms with Gasteiger partial charge in [0.2, 0.25) is 0 Å². The second kappa shape index (κ2) is 8.74. The molecule has 0 heterocycles. The number of hydrogen-bond acceptors (Lipinski definition) is 3. The molecule has 0 amide bonds. The summed E-state index contributed by atoms with van der Waals surface area (Å²) in [4.78, 5) is 14.0. The Morgan fingerprint density at radius 1 is 1.29 bits per heavy atom. The van der Waals surface area contributed by atoms with Crippen LogP contribution in [0, 0.1) is 5.41 Å². The van der Waals surface area contributed by atoms with Crippen LogP contribution in [0.25, 0.3) is 0 Å². The lowest BCUT2D eigenvalue weighted by Gasteiger charge is -2.36. The van der Waals surface area contributed by atoms with E-state index in [9.17, 15) is 9.90 Å². The fraction of sp³-hybridized carbons (Fsp3) is 0.941. The molecule has 0 aliphatic carbocycles. The molecule has 0 saturated carbocycles. The van der Waals surface area contributed by atoms with Crippen LogP contribution < -0.4 is 5.32 Å². The number of aliphatic carboxylic acids is 1. The Morgan fingerprint density at radius 2 is 1.86 bits per heavy atom. The molecule has 4 nitrogen and oxygen atoms in total. The highest BCUT2D eigenvalue weighted by Gasteiger charge is 2.35. The molecule has 21 heavy (non-hydrogen) atoms. The summed E-state index contributed by atoms with van der Waals surface area (Å²) in [5.74, 6) is -0.718. The van der Waals surface area contributed by atoms with E-state index in [4.69, 9.17) is 0 Å². The summed E-state index contributed by atoms with van der Waals surface area (Å²) in [7, 11) is 2.13. The Labute approximate surface area is 131 Å². The molecule has 0 radical (unpaired) electrons. The maximum absolute atomic E-state index is 11.7. The van der Waals surface area contributed by atoms with Crippen molar-refractivity contribution in [2.24, 2.45) is 5.41 Å². The second-order valence-corrected chi connectivity index (χ2v) is 7.29. The van der Waals surface area contributed by atoms with Gasteiger partial charge in [-0.15, -0.1) is 0 Å². The molecule has 0 aliphatic heterocycles. The van der Waals surface area contributed by atoms with Crippen molar-refractivity contribution < 1.29 is 9.90 Å². The third-order valence-corrected chi connectivity index (χ3v) is 4.76. The van der Waals surface area contributed by atoms with E-state index in [1.165, 1.54) is 0 Å².